The van der Waals surface area contributed by atoms with E-state index in [1.807, 2.05) is 60.3 Å². The highest BCUT2D eigenvalue weighted by molar-refractivity contribution is 7.97. The van der Waals surface area contributed by atoms with E-state index in [2.05, 4.69) is 34.8 Å². The molecule has 3 aromatic rings. The zero-order valence-corrected chi connectivity index (χ0v) is 17.2. The van der Waals surface area contributed by atoms with Gasteiger partial charge in [-0.1, -0.05) is 48.5 Å². The maximum atomic E-state index is 12.3. The molecule has 0 saturated carbocycles. The van der Waals surface area contributed by atoms with Crippen LogP contribution >= 0.6 is 11.8 Å². The summed E-state index contributed by atoms with van der Waals surface area (Å²) in [7, 11) is 0. The highest BCUT2D eigenvalue weighted by Crippen LogP contribution is 2.32. The van der Waals surface area contributed by atoms with Crippen molar-refractivity contribution in [1.82, 2.24) is 5.43 Å². The van der Waals surface area contributed by atoms with Crippen molar-refractivity contribution in [3.63, 3.8) is 0 Å². The number of amides is 1. The predicted molar refractivity (Wildman–Crippen MR) is 120 cm³/mol. The van der Waals surface area contributed by atoms with Gasteiger partial charge >= 0.3 is 0 Å². The van der Waals surface area contributed by atoms with Gasteiger partial charge in [0.05, 0.1) is 6.21 Å². The Morgan fingerprint density at radius 3 is 2.43 bits per heavy atom. The van der Waals surface area contributed by atoms with Crippen LogP contribution in [0.1, 0.15) is 27.0 Å². The van der Waals surface area contributed by atoms with Gasteiger partial charge in [-0.25, -0.2) is 5.43 Å². The molecule has 1 amide bonds. The van der Waals surface area contributed by atoms with E-state index in [0.717, 1.165) is 17.1 Å². The molecule has 6 heteroatoms. The van der Waals surface area contributed by atoms with E-state index in [-0.39, 0.29) is 5.91 Å². The second-order valence-corrected chi connectivity index (χ2v) is 7.73. The van der Waals surface area contributed by atoms with Crippen molar-refractivity contribution >= 4 is 23.9 Å². The maximum absolute atomic E-state index is 12.3. The van der Waals surface area contributed by atoms with Gasteiger partial charge < -0.3 is 9.47 Å². The SMILES string of the molecule is O=C(NN=Cc1cccc2c1OCCO2)c1ccc(CSCc2ccccc2)cc1. The van der Waals surface area contributed by atoms with Gasteiger partial charge in [-0.2, -0.15) is 16.9 Å². The van der Waals surface area contributed by atoms with Gasteiger partial charge in [-0.15, -0.1) is 0 Å². The Labute approximate surface area is 180 Å². The molecule has 3 aromatic carbocycles. The highest BCUT2D eigenvalue weighted by atomic mass is 32.2. The minimum Gasteiger partial charge on any atom is -0.486 e. The summed E-state index contributed by atoms with van der Waals surface area (Å²) >= 11 is 1.85. The predicted octanol–water partition coefficient (Wildman–Crippen LogP) is 4.66. The van der Waals surface area contributed by atoms with Crippen LogP contribution in [0.15, 0.2) is 77.9 Å². The Hall–Kier alpha value is -3.25. The normalized spacial score (nSPS) is 12.7. The van der Waals surface area contributed by atoms with Gasteiger partial charge in [-0.05, 0) is 35.4 Å². The van der Waals surface area contributed by atoms with Crippen LogP contribution in [0.2, 0.25) is 0 Å². The summed E-state index contributed by atoms with van der Waals surface area (Å²) in [4.78, 5) is 12.3. The van der Waals surface area contributed by atoms with Crippen molar-refractivity contribution in [2.75, 3.05) is 13.2 Å². The molecule has 1 heterocycles. The van der Waals surface area contributed by atoms with Crippen LogP contribution in [0.5, 0.6) is 11.5 Å². The van der Waals surface area contributed by atoms with E-state index >= 15 is 0 Å². The summed E-state index contributed by atoms with van der Waals surface area (Å²) in [5.41, 5.74) is 6.40. The Kier molecular flexibility index (Phi) is 6.67. The van der Waals surface area contributed by atoms with Gasteiger partial charge in [0.1, 0.15) is 13.2 Å². The number of hydrogen-bond donors (Lipinski definition) is 1. The van der Waals surface area contributed by atoms with Gasteiger partial charge in [-0.3, -0.25) is 4.79 Å². The minimum atomic E-state index is -0.253. The number of ether oxygens (including phenoxy) is 2. The van der Waals surface area contributed by atoms with Crippen LogP contribution in [0, 0.1) is 0 Å². The number of nitrogens with zero attached hydrogens (tertiary/aromatic N) is 1. The molecule has 0 unspecified atom stereocenters. The molecule has 0 aromatic heterocycles. The molecule has 0 aliphatic carbocycles. The fourth-order valence-corrected chi connectivity index (χ4v) is 3.99. The quantitative estimate of drug-likeness (QED) is 0.448. The van der Waals surface area contributed by atoms with Gasteiger partial charge in [0.15, 0.2) is 11.5 Å². The van der Waals surface area contributed by atoms with Crippen LogP contribution in [0.25, 0.3) is 0 Å². The summed E-state index contributed by atoms with van der Waals surface area (Å²) in [5.74, 6) is 2.96. The van der Waals surface area contributed by atoms with Crippen molar-refractivity contribution in [1.29, 1.82) is 0 Å². The van der Waals surface area contributed by atoms with Crippen LogP contribution in [-0.4, -0.2) is 25.3 Å². The molecule has 0 atom stereocenters. The molecule has 0 spiro atoms. The number of nitrogens with one attached hydrogen (secondary N) is 1. The van der Waals surface area contributed by atoms with Crippen molar-refractivity contribution in [3.05, 3.63) is 95.1 Å². The standard InChI is InChI=1S/C24H22N2O3S/c27-24(26-25-15-21-7-4-8-22-23(21)29-14-13-28-22)20-11-9-19(10-12-20)17-30-16-18-5-2-1-3-6-18/h1-12,15H,13-14,16-17H2,(H,26,27). The lowest BCUT2D eigenvalue weighted by Gasteiger charge is -2.19. The molecule has 1 aliphatic rings. The Balaban J connectivity index is 1.29. The fraction of sp³-hybridized carbons (Fsp3) is 0.167. The number of benzene rings is 3. The highest BCUT2D eigenvalue weighted by Gasteiger charge is 2.14. The molecular weight excluding hydrogens is 396 g/mol. The summed E-state index contributed by atoms with van der Waals surface area (Å²) in [5, 5.41) is 4.07. The third kappa shape index (κ3) is 5.21. The number of carbonyl (C=O) groups excluding carboxylic acids is 1. The average Bonchev–Trinajstić information content (AvgIpc) is 2.80. The summed E-state index contributed by atoms with van der Waals surface area (Å²) in [6.07, 6.45) is 1.57. The third-order valence-corrected chi connectivity index (χ3v) is 5.64. The number of carbonyl (C=O) groups is 1. The summed E-state index contributed by atoms with van der Waals surface area (Å²) < 4.78 is 11.2. The van der Waals surface area contributed by atoms with E-state index in [1.54, 1.807) is 6.21 Å². The van der Waals surface area contributed by atoms with E-state index in [9.17, 15) is 4.79 Å². The molecule has 5 nitrogen and oxygen atoms in total. The van der Waals surface area contributed by atoms with Crippen molar-refractivity contribution in [2.24, 2.45) is 5.10 Å². The maximum Gasteiger partial charge on any atom is 0.271 e. The smallest absolute Gasteiger partial charge is 0.271 e. The molecule has 4 rings (SSSR count). The largest absolute Gasteiger partial charge is 0.486 e. The molecule has 0 fully saturated rings. The number of para-hydroxylation sites is 1. The molecule has 30 heavy (non-hydrogen) atoms. The number of hydrazone groups is 1. The third-order valence-electron chi connectivity index (χ3n) is 4.56. The molecule has 0 radical (unpaired) electrons. The van der Waals surface area contributed by atoms with Crippen LogP contribution in [0.4, 0.5) is 0 Å². The average molecular weight is 419 g/mol. The van der Waals surface area contributed by atoms with Crippen molar-refractivity contribution < 1.29 is 14.3 Å². The van der Waals surface area contributed by atoms with Gasteiger partial charge in [0, 0.05) is 22.6 Å². The van der Waals surface area contributed by atoms with Crippen LogP contribution < -0.4 is 14.9 Å². The first kappa shape index (κ1) is 20.0. The first-order chi connectivity index (χ1) is 14.8. The van der Waals surface area contributed by atoms with Crippen molar-refractivity contribution in [3.8, 4) is 11.5 Å². The monoisotopic (exact) mass is 418 g/mol. The van der Waals surface area contributed by atoms with Crippen LogP contribution in [-0.2, 0) is 11.5 Å². The van der Waals surface area contributed by atoms with E-state index in [0.29, 0.717) is 30.3 Å². The topological polar surface area (TPSA) is 59.9 Å². The number of hydrogen-bond acceptors (Lipinski definition) is 5. The zero-order chi connectivity index (χ0) is 20.6. The molecular formula is C24H22N2O3S. The first-order valence-corrected chi connectivity index (χ1v) is 10.9. The van der Waals surface area contributed by atoms with E-state index in [1.165, 1.54) is 11.1 Å². The van der Waals surface area contributed by atoms with E-state index < -0.39 is 0 Å². The molecule has 1 aliphatic heterocycles. The summed E-state index contributed by atoms with van der Waals surface area (Å²) in [6, 6.07) is 23.6. The lowest BCUT2D eigenvalue weighted by Crippen LogP contribution is -2.18. The number of fused-ring (bicyclic) bond motifs is 1. The Morgan fingerprint density at radius 2 is 1.63 bits per heavy atom. The van der Waals surface area contributed by atoms with E-state index in [4.69, 9.17) is 9.47 Å². The van der Waals surface area contributed by atoms with Gasteiger partial charge in [0.2, 0.25) is 0 Å². The Bertz CT molecular complexity index is 1020. The number of thioether (sulfide) groups is 1. The molecule has 0 saturated heterocycles. The number of rotatable bonds is 7. The molecule has 0 bridgehead atoms. The Morgan fingerprint density at radius 1 is 0.900 bits per heavy atom. The van der Waals surface area contributed by atoms with Gasteiger partial charge in [0.25, 0.3) is 5.91 Å². The minimum absolute atomic E-state index is 0.253. The lowest BCUT2D eigenvalue weighted by molar-refractivity contribution is 0.0955. The van der Waals surface area contributed by atoms with Crippen molar-refractivity contribution in [2.45, 2.75) is 11.5 Å². The van der Waals surface area contributed by atoms with Crippen LogP contribution in [0.3, 0.4) is 0 Å². The second kappa shape index (κ2) is 9.98. The molecule has 152 valence electrons. The lowest BCUT2D eigenvalue weighted by atomic mass is 10.1. The first-order valence-electron chi connectivity index (χ1n) is 9.72. The zero-order valence-electron chi connectivity index (χ0n) is 16.4. The summed E-state index contributed by atoms with van der Waals surface area (Å²) in [6.45, 7) is 1.03. The second-order valence-electron chi connectivity index (χ2n) is 6.75. The fourth-order valence-electron chi connectivity index (χ4n) is 3.04. The molecule has 1 N–H and O–H groups in total.